The number of aromatic nitrogens is 1. The maximum atomic E-state index is 12.4. The third kappa shape index (κ3) is 2.32. The molecular weight excluding hydrogens is 247 g/mol. The number of hydrogen-bond acceptors (Lipinski definition) is 3. The largest absolute Gasteiger partial charge is 0.496 e. The van der Waals surface area contributed by atoms with Crippen molar-refractivity contribution in [1.82, 2.24) is 4.98 Å². The summed E-state index contributed by atoms with van der Waals surface area (Å²) in [5, 5.41) is 0. The summed E-state index contributed by atoms with van der Waals surface area (Å²) in [6.07, 6.45) is -3.55. The summed E-state index contributed by atoms with van der Waals surface area (Å²) in [5.74, 6) is -0.792. The third-order valence-corrected chi connectivity index (χ3v) is 2.37. The number of benzene rings is 1. The molecule has 0 N–H and O–H groups in total. The molecule has 0 fully saturated rings. The molecule has 96 valence electrons. The second-order valence-electron chi connectivity index (χ2n) is 3.73. The van der Waals surface area contributed by atoms with E-state index in [1.54, 1.807) is 18.2 Å². The van der Waals surface area contributed by atoms with Crippen molar-refractivity contribution in [1.29, 1.82) is 0 Å². The van der Waals surface area contributed by atoms with Gasteiger partial charge in [-0.3, -0.25) is 0 Å². The molecule has 0 unspecified atom stereocenters. The number of oxazole rings is 1. The van der Waals surface area contributed by atoms with Gasteiger partial charge in [-0.2, -0.15) is 13.2 Å². The molecule has 0 saturated heterocycles. The Bertz CT molecular complexity index is 561. The van der Waals surface area contributed by atoms with Crippen molar-refractivity contribution in [3.05, 3.63) is 35.9 Å². The molecule has 6 heteroatoms. The zero-order valence-corrected chi connectivity index (χ0v) is 9.71. The van der Waals surface area contributed by atoms with Crippen molar-refractivity contribution in [3.8, 4) is 17.1 Å². The number of ether oxygens (including phenoxy) is 1. The predicted molar refractivity (Wildman–Crippen MR) is 58.2 cm³/mol. The van der Waals surface area contributed by atoms with E-state index in [0.717, 1.165) is 11.8 Å². The van der Waals surface area contributed by atoms with Crippen LogP contribution in [-0.2, 0) is 6.18 Å². The molecule has 0 bridgehead atoms. The van der Waals surface area contributed by atoms with Gasteiger partial charge in [-0.1, -0.05) is 6.07 Å². The van der Waals surface area contributed by atoms with Gasteiger partial charge in [0, 0.05) is 0 Å². The molecule has 0 aliphatic heterocycles. The summed E-state index contributed by atoms with van der Waals surface area (Å²) in [4.78, 5) is 3.21. The second-order valence-corrected chi connectivity index (χ2v) is 3.73. The van der Waals surface area contributed by atoms with Crippen molar-refractivity contribution in [3.63, 3.8) is 0 Å². The van der Waals surface area contributed by atoms with E-state index in [1.165, 1.54) is 7.11 Å². The summed E-state index contributed by atoms with van der Waals surface area (Å²) < 4.78 is 46.9. The molecule has 0 aliphatic carbocycles. The van der Waals surface area contributed by atoms with Crippen LogP contribution in [0.5, 0.6) is 5.75 Å². The summed E-state index contributed by atoms with van der Waals surface area (Å²) in [5.41, 5.74) is 1.37. The highest BCUT2D eigenvalue weighted by molar-refractivity contribution is 5.65. The number of aryl methyl sites for hydroxylation is 1. The minimum absolute atomic E-state index is 0.0270. The summed E-state index contributed by atoms with van der Waals surface area (Å²) in [6.45, 7) is 1.85. The average molecular weight is 257 g/mol. The van der Waals surface area contributed by atoms with Gasteiger partial charge in [-0.25, -0.2) is 4.98 Å². The lowest BCUT2D eigenvalue weighted by molar-refractivity contribution is -0.156. The van der Waals surface area contributed by atoms with E-state index in [1.807, 2.05) is 6.92 Å². The topological polar surface area (TPSA) is 35.3 Å². The molecule has 0 aliphatic rings. The van der Waals surface area contributed by atoms with Gasteiger partial charge in [0.15, 0.2) is 5.76 Å². The Hall–Kier alpha value is -1.98. The maximum Gasteiger partial charge on any atom is 0.468 e. The van der Waals surface area contributed by atoms with Crippen LogP contribution in [0.4, 0.5) is 13.2 Å². The Morgan fingerprint density at radius 2 is 2.00 bits per heavy atom. The Morgan fingerprint density at radius 1 is 1.28 bits per heavy atom. The molecule has 0 amide bonds. The summed E-state index contributed by atoms with van der Waals surface area (Å²) in [7, 11) is 1.44. The Morgan fingerprint density at radius 3 is 2.56 bits per heavy atom. The lowest BCUT2D eigenvalue weighted by Crippen LogP contribution is -2.04. The monoisotopic (exact) mass is 257 g/mol. The van der Waals surface area contributed by atoms with Crippen LogP contribution in [0.15, 0.2) is 28.8 Å². The third-order valence-electron chi connectivity index (χ3n) is 2.37. The van der Waals surface area contributed by atoms with Crippen LogP contribution in [0.25, 0.3) is 11.3 Å². The Kier molecular flexibility index (Phi) is 3.02. The van der Waals surface area contributed by atoms with E-state index in [2.05, 4.69) is 4.98 Å². The first-order valence-corrected chi connectivity index (χ1v) is 5.10. The number of methoxy groups -OCH3 is 1. The van der Waals surface area contributed by atoms with Crippen molar-refractivity contribution >= 4 is 0 Å². The van der Waals surface area contributed by atoms with Crippen LogP contribution < -0.4 is 4.74 Å². The summed E-state index contributed by atoms with van der Waals surface area (Å²) >= 11 is 0. The number of rotatable bonds is 2. The van der Waals surface area contributed by atoms with Gasteiger partial charge in [0.2, 0.25) is 0 Å². The first kappa shape index (κ1) is 12.5. The van der Waals surface area contributed by atoms with Gasteiger partial charge in [0.25, 0.3) is 0 Å². The zero-order chi connectivity index (χ0) is 13.3. The molecule has 0 atom stereocenters. The molecule has 1 aromatic heterocycles. The maximum absolute atomic E-state index is 12.4. The fourth-order valence-corrected chi connectivity index (χ4v) is 1.53. The first-order chi connectivity index (χ1) is 8.41. The fraction of sp³-hybridized carbons (Fsp3) is 0.250. The SMILES string of the molecule is COc1cc(C)ccc1-c1cnc(C(F)(F)F)o1. The van der Waals surface area contributed by atoms with Gasteiger partial charge in [-0.05, 0) is 24.6 Å². The van der Waals surface area contributed by atoms with E-state index in [9.17, 15) is 13.2 Å². The first-order valence-electron chi connectivity index (χ1n) is 5.10. The molecule has 0 spiro atoms. The minimum atomic E-state index is -4.59. The van der Waals surface area contributed by atoms with Crippen LogP contribution in [0.1, 0.15) is 11.5 Å². The molecule has 0 saturated carbocycles. The molecule has 0 radical (unpaired) electrons. The molecule has 1 aromatic carbocycles. The van der Waals surface area contributed by atoms with E-state index < -0.39 is 12.1 Å². The minimum Gasteiger partial charge on any atom is -0.496 e. The van der Waals surface area contributed by atoms with Crippen LogP contribution in [-0.4, -0.2) is 12.1 Å². The number of alkyl halides is 3. The lowest BCUT2D eigenvalue weighted by atomic mass is 10.1. The smallest absolute Gasteiger partial charge is 0.468 e. The standard InChI is InChI=1S/C12H10F3NO2/c1-7-3-4-8(9(5-7)17-2)10-6-16-11(18-10)12(13,14)15/h3-6H,1-2H3. The van der Waals surface area contributed by atoms with Crippen molar-refractivity contribution in [2.75, 3.05) is 7.11 Å². The molecule has 1 heterocycles. The van der Waals surface area contributed by atoms with Crippen molar-refractivity contribution < 1.29 is 22.3 Å². The molecule has 2 aromatic rings. The molecule has 18 heavy (non-hydrogen) atoms. The van der Waals surface area contributed by atoms with E-state index >= 15 is 0 Å². The van der Waals surface area contributed by atoms with Gasteiger partial charge in [0.05, 0.1) is 18.9 Å². The average Bonchev–Trinajstić information content (AvgIpc) is 2.77. The van der Waals surface area contributed by atoms with E-state index in [4.69, 9.17) is 9.15 Å². The lowest BCUT2D eigenvalue weighted by Gasteiger charge is -2.06. The number of halogens is 3. The summed E-state index contributed by atoms with van der Waals surface area (Å²) in [6, 6.07) is 5.10. The highest BCUT2D eigenvalue weighted by Crippen LogP contribution is 2.35. The molecular formula is C12H10F3NO2. The van der Waals surface area contributed by atoms with Crippen molar-refractivity contribution in [2.24, 2.45) is 0 Å². The zero-order valence-electron chi connectivity index (χ0n) is 9.71. The Labute approximate surface area is 101 Å². The van der Waals surface area contributed by atoms with E-state index in [0.29, 0.717) is 11.3 Å². The highest BCUT2D eigenvalue weighted by Gasteiger charge is 2.37. The number of hydrogen-bond donors (Lipinski definition) is 0. The van der Waals surface area contributed by atoms with Crippen LogP contribution >= 0.6 is 0 Å². The van der Waals surface area contributed by atoms with Crippen LogP contribution in [0, 0.1) is 6.92 Å². The van der Waals surface area contributed by atoms with Crippen LogP contribution in [0.2, 0.25) is 0 Å². The second kappa shape index (κ2) is 4.36. The fourth-order valence-electron chi connectivity index (χ4n) is 1.53. The predicted octanol–water partition coefficient (Wildman–Crippen LogP) is 3.68. The van der Waals surface area contributed by atoms with Gasteiger partial charge in [0.1, 0.15) is 5.75 Å². The normalized spacial score (nSPS) is 11.6. The van der Waals surface area contributed by atoms with Gasteiger partial charge >= 0.3 is 12.1 Å². The van der Waals surface area contributed by atoms with Gasteiger partial charge < -0.3 is 9.15 Å². The van der Waals surface area contributed by atoms with Crippen LogP contribution in [0.3, 0.4) is 0 Å². The Balaban J connectivity index is 2.46. The van der Waals surface area contributed by atoms with Gasteiger partial charge in [-0.15, -0.1) is 0 Å². The quantitative estimate of drug-likeness (QED) is 0.823. The number of nitrogens with zero attached hydrogens (tertiary/aromatic N) is 1. The van der Waals surface area contributed by atoms with Crippen molar-refractivity contribution in [2.45, 2.75) is 13.1 Å². The molecule has 2 rings (SSSR count). The molecule has 3 nitrogen and oxygen atoms in total. The van der Waals surface area contributed by atoms with E-state index in [-0.39, 0.29) is 5.76 Å². The highest BCUT2D eigenvalue weighted by atomic mass is 19.4.